The number of halogens is 1. The summed E-state index contributed by atoms with van der Waals surface area (Å²) in [5.41, 5.74) is 2.19. The van der Waals surface area contributed by atoms with E-state index < -0.39 is 0 Å². The van der Waals surface area contributed by atoms with Crippen molar-refractivity contribution in [2.45, 2.75) is 0 Å². The van der Waals surface area contributed by atoms with E-state index in [0.717, 1.165) is 14.9 Å². The third kappa shape index (κ3) is 1.39. The van der Waals surface area contributed by atoms with Crippen LogP contribution in [0.1, 0.15) is 0 Å². The number of aromatic nitrogens is 2. The van der Waals surface area contributed by atoms with Crippen LogP contribution in [-0.4, -0.2) is 23.8 Å². The van der Waals surface area contributed by atoms with Crippen LogP contribution in [0.4, 0.5) is 0 Å². The van der Waals surface area contributed by atoms with Crippen LogP contribution in [0.3, 0.4) is 0 Å². The van der Waals surface area contributed by atoms with Crippen LogP contribution in [0.25, 0.3) is 11.0 Å². The van der Waals surface area contributed by atoms with Crippen molar-refractivity contribution in [3.05, 3.63) is 28.1 Å². The molecule has 0 saturated heterocycles. The zero-order chi connectivity index (χ0) is 9.42. The smallest absolute Gasteiger partial charge is 0.191 e. The zero-order valence-corrected chi connectivity index (χ0v) is 9.69. The Morgan fingerprint density at radius 2 is 2.00 bits per heavy atom. The second kappa shape index (κ2) is 3.17. The molecule has 0 unspecified atom stereocenters. The highest BCUT2D eigenvalue weighted by Gasteiger charge is 2.07. The summed E-state index contributed by atoms with van der Waals surface area (Å²) in [5.74, 6) is 0. The fraction of sp³-hybridized carbons (Fsp3) is 0.222. The fourth-order valence-electron chi connectivity index (χ4n) is 1.36. The minimum absolute atomic E-state index is 0.990. The van der Waals surface area contributed by atoms with E-state index in [9.17, 15) is 0 Å². The third-order valence-electron chi connectivity index (χ3n) is 1.90. The highest BCUT2D eigenvalue weighted by Crippen LogP contribution is 2.16. The van der Waals surface area contributed by atoms with Gasteiger partial charge in [0.15, 0.2) is 3.83 Å². The summed E-state index contributed by atoms with van der Waals surface area (Å²) < 4.78 is 3.07. The molecule has 4 heteroatoms. The predicted octanol–water partition coefficient (Wildman–Crippen LogP) is 1.84. The van der Waals surface area contributed by atoms with E-state index in [0.29, 0.717) is 0 Å². The summed E-state index contributed by atoms with van der Waals surface area (Å²) in [6.45, 7) is 0. The first-order chi connectivity index (χ1) is 6.20. The van der Waals surface area contributed by atoms with Gasteiger partial charge in [-0.05, 0) is 12.1 Å². The minimum Gasteiger partial charge on any atom is -0.317 e. The Morgan fingerprint density at radius 1 is 1.31 bits per heavy atom. The van der Waals surface area contributed by atoms with Crippen molar-refractivity contribution in [1.82, 2.24) is 9.66 Å². The minimum atomic E-state index is 0.990. The van der Waals surface area contributed by atoms with Gasteiger partial charge in [-0.1, -0.05) is 12.1 Å². The van der Waals surface area contributed by atoms with Gasteiger partial charge in [-0.15, -0.1) is 0 Å². The maximum Gasteiger partial charge on any atom is 0.191 e. The standard InChI is InChI=1S/C9H10IN3/c1-12(2)13-8-6-4-3-5-7(8)11-9(13)10/h3-6H,1-2H3. The number of fused-ring (bicyclic) bond motifs is 1. The molecule has 1 aromatic carbocycles. The molecule has 1 aromatic heterocycles. The molecule has 0 bridgehead atoms. The molecule has 2 rings (SSSR count). The first-order valence-electron chi connectivity index (χ1n) is 4.01. The highest BCUT2D eigenvalue weighted by atomic mass is 127. The Balaban J connectivity index is 2.78. The molecule has 0 fully saturated rings. The van der Waals surface area contributed by atoms with Gasteiger partial charge in [0.05, 0.1) is 11.0 Å². The molecule has 0 atom stereocenters. The molecule has 0 radical (unpaired) electrons. The van der Waals surface area contributed by atoms with Gasteiger partial charge < -0.3 is 5.01 Å². The van der Waals surface area contributed by atoms with Crippen molar-refractivity contribution in [2.75, 3.05) is 19.1 Å². The largest absolute Gasteiger partial charge is 0.317 e. The first kappa shape index (κ1) is 8.80. The lowest BCUT2D eigenvalue weighted by atomic mass is 10.3. The van der Waals surface area contributed by atoms with E-state index in [2.05, 4.69) is 38.3 Å². The molecule has 0 saturated carbocycles. The van der Waals surface area contributed by atoms with E-state index in [1.54, 1.807) is 0 Å². The summed E-state index contributed by atoms with van der Waals surface area (Å²) in [4.78, 5) is 4.44. The van der Waals surface area contributed by atoms with E-state index in [-0.39, 0.29) is 0 Å². The summed E-state index contributed by atoms with van der Waals surface area (Å²) in [6.07, 6.45) is 0. The Kier molecular flexibility index (Phi) is 2.15. The number of rotatable bonds is 1. The second-order valence-corrected chi connectivity index (χ2v) is 3.99. The van der Waals surface area contributed by atoms with Crippen LogP contribution in [0.2, 0.25) is 0 Å². The van der Waals surface area contributed by atoms with Crippen LogP contribution in [0.15, 0.2) is 24.3 Å². The van der Waals surface area contributed by atoms with Gasteiger partial charge in [-0.3, -0.25) is 0 Å². The Bertz CT molecular complexity index is 433. The van der Waals surface area contributed by atoms with Crippen molar-refractivity contribution in [3.8, 4) is 0 Å². The number of benzene rings is 1. The van der Waals surface area contributed by atoms with Crippen molar-refractivity contribution in [2.24, 2.45) is 0 Å². The summed E-state index contributed by atoms with van der Waals surface area (Å²) in [7, 11) is 4.02. The molecular weight excluding hydrogens is 277 g/mol. The van der Waals surface area contributed by atoms with Crippen molar-refractivity contribution in [1.29, 1.82) is 0 Å². The lowest BCUT2D eigenvalue weighted by Gasteiger charge is -2.15. The molecule has 2 aromatic rings. The molecule has 1 heterocycles. The number of hydrogen-bond donors (Lipinski definition) is 0. The number of hydrogen-bond acceptors (Lipinski definition) is 2. The quantitative estimate of drug-likeness (QED) is 0.746. The second-order valence-electron chi connectivity index (χ2n) is 3.03. The molecule has 0 aliphatic heterocycles. The summed E-state index contributed by atoms with van der Waals surface area (Å²) >= 11 is 2.24. The van der Waals surface area contributed by atoms with Crippen molar-refractivity contribution in [3.63, 3.8) is 0 Å². The monoisotopic (exact) mass is 287 g/mol. The van der Waals surface area contributed by atoms with Crippen LogP contribution in [0.5, 0.6) is 0 Å². The molecular formula is C9H10IN3. The Morgan fingerprint density at radius 3 is 2.69 bits per heavy atom. The summed E-state index contributed by atoms with van der Waals surface area (Å²) in [6, 6.07) is 8.13. The zero-order valence-electron chi connectivity index (χ0n) is 7.53. The molecule has 0 amide bonds. The maximum atomic E-state index is 4.44. The SMILES string of the molecule is CN(C)n1c(I)nc2ccccc21. The highest BCUT2D eigenvalue weighted by molar-refractivity contribution is 14.1. The topological polar surface area (TPSA) is 21.1 Å². The van der Waals surface area contributed by atoms with E-state index in [4.69, 9.17) is 0 Å². The average molecular weight is 287 g/mol. The van der Waals surface area contributed by atoms with Gasteiger partial charge in [0.2, 0.25) is 0 Å². The van der Waals surface area contributed by atoms with E-state index in [1.165, 1.54) is 0 Å². The van der Waals surface area contributed by atoms with Crippen LogP contribution in [0, 0.1) is 3.83 Å². The molecule has 0 spiro atoms. The summed E-state index contributed by atoms with van der Waals surface area (Å²) in [5, 5.41) is 2.02. The van der Waals surface area contributed by atoms with E-state index in [1.807, 2.05) is 37.3 Å². The predicted molar refractivity (Wildman–Crippen MR) is 62.5 cm³/mol. The molecule has 3 nitrogen and oxygen atoms in total. The van der Waals surface area contributed by atoms with Crippen LogP contribution < -0.4 is 5.01 Å². The maximum absolute atomic E-state index is 4.44. The molecule has 0 aliphatic rings. The van der Waals surface area contributed by atoms with Crippen molar-refractivity contribution >= 4 is 33.6 Å². The Hall–Kier alpha value is -0.780. The van der Waals surface area contributed by atoms with Gasteiger partial charge in [0.1, 0.15) is 0 Å². The van der Waals surface area contributed by atoms with Gasteiger partial charge >= 0.3 is 0 Å². The molecule has 0 aliphatic carbocycles. The van der Waals surface area contributed by atoms with E-state index >= 15 is 0 Å². The number of para-hydroxylation sites is 2. The lowest BCUT2D eigenvalue weighted by Crippen LogP contribution is -2.25. The van der Waals surface area contributed by atoms with Gasteiger partial charge in [0.25, 0.3) is 0 Å². The first-order valence-corrected chi connectivity index (χ1v) is 5.08. The lowest BCUT2D eigenvalue weighted by molar-refractivity contribution is 0.732. The Labute approximate surface area is 90.5 Å². The van der Waals surface area contributed by atoms with Crippen molar-refractivity contribution < 1.29 is 0 Å². The van der Waals surface area contributed by atoms with Gasteiger partial charge in [0, 0.05) is 36.7 Å². The van der Waals surface area contributed by atoms with Crippen LogP contribution in [-0.2, 0) is 0 Å². The van der Waals surface area contributed by atoms with Gasteiger partial charge in [-0.25, -0.2) is 9.66 Å². The normalized spacial score (nSPS) is 10.7. The third-order valence-corrected chi connectivity index (χ3v) is 2.60. The molecule has 68 valence electrons. The number of imidazole rings is 1. The van der Waals surface area contributed by atoms with Crippen LogP contribution >= 0.6 is 22.6 Å². The average Bonchev–Trinajstić information content (AvgIpc) is 2.39. The molecule has 0 N–H and O–H groups in total. The fourth-order valence-corrected chi connectivity index (χ4v) is 2.32. The van der Waals surface area contributed by atoms with Gasteiger partial charge in [-0.2, -0.15) is 0 Å². The molecule has 13 heavy (non-hydrogen) atoms. The number of nitrogens with zero attached hydrogens (tertiary/aromatic N) is 3.